The molecular formula is C18H12Br2N4. The van der Waals surface area contributed by atoms with Gasteiger partial charge in [0, 0.05) is 20.3 Å². The van der Waals surface area contributed by atoms with Gasteiger partial charge in [0.1, 0.15) is 17.8 Å². The zero-order chi connectivity index (χ0) is 16.5. The van der Waals surface area contributed by atoms with Gasteiger partial charge in [0.15, 0.2) is 0 Å². The average Bonchev–Trinajstić information content (AvgIpc) is 3.01. The van der Waals surface area contributed by atoms with Crippen LogP contribution >= 0.6 is 31.9 Å². The highest BCUT2D eigenvalue weighted by atomic mass is 79.9. The van der Waals surface area contributed by atoms with Crippen LogP contribution in [0.15, 0.2) is 69.9 Å². The van der Waals surface area contributed by atoms with E-state index in [4.69, 9.17) is 0 Å². The summed E-state index contributed by atoms with van der Waals surface area (Å²) in [5.41, 5.74) is 3.89. The van der Waals surface area contributed by atoms with Gasteiger partial charge in [0.05, 0.1) is 5.39 Å². The van der Waals surface area contributed by atoms with Crippen molar-refractivity contribution < 1.29 is 0 Å². The summed E-state index contributed by atoms with van der Waals surface area (Å²) >= 11 is 6.94. The van der Waals surface area contributed by atoms with Crippen LogP contribution in [0, 0.1) is 0 Å². The van der Waals surface area contributed by atoms with Crippen molar-refractivity contribution in [3.8, 4) is 11.3 Å². The van der Waals surface area contributed by atoms with E-state index in [1.807, 2.05) is 36.4 Å². The predicted molar refractivity (Wildman–Crippen MR) is 104 cm³/mol. The van der Waals surface area contributed by atoms with E-state index in [1.54, 1.807) is 6.33 Å². The highest BCUT2D eigenvalue weighted by Gasteiger charge is 2.10. The number of aromatic nitrogens is 3. The first-order valence-corrected chi connectivity index (χ1v) is 8.90. The van der Waals surface area contributed by atoms with Gasteiger partial charge in [-0.15, -0.1) is 0 Å². The second kappa shape index (κ2) is 6.37. The van der Waals surface area contributed by atoms with E-state index in [1.165, 1.54) is 0 Å². The Balaban J connectivity index is 1.76. The molecule has 2 N–H and O–H groups in total. The molecule has 24 heavy (non-hydrogen) atoms. The van der Waals surface area contributed by atoms with Crippen molar-refractivity contribution in [2.24, 2.45) is 0 Å². The van der Waals surface area contributed by atoms with Gasteiger partial charge in [-0.2, -0.15) is 0 Å². The number of hydrogen-bond donors (Lipinski definition) is 2. The van der Waals surface area contributed by atoms with E-state index < -0.39 is 0 Å². The lowest BCUT2D eigenvalue weighted by Crippen LogP contribution is -1.94. The van der Waals surface area contributed by atoms with E-state index in [9.17, 15) is 0 Å². The highest BCUT2D eigenvalue weighted by Crippen LogP contribution is 2.29. The maximum atomic E-state index is 4.39. The lowest BCUT2D eigenvalue weighted by molar-refractivity contribution is 1.20. The van der Waals surface area contributed by atoms with E-state index >= 15 is 0 Å². The first kappa shape index (κ1) is 15.4. The Hall–Kier alpha value is -2.18. The minimum atomic E-state index is 0.776. The summed E-state index contributed by atoms with van der Waals surface area (Å²) in [5, 5.41) is 4.31. The minimum Gasteiger partial charge on any atom is -0.340 e. The Morgan fingerprint density at radius 2 is 1.71 bits per heavy atom. The van der Waals surface area contributed by atoms with Crippen LogP contribution in [0.3, 0.4) is 0 Å². The van der Waals surface area contributed by atoms with Gasteiger partial charge in [-0.25, -0.2) is 9.97 Å². The Morgan fingerprint density at radius 1 is 0.875 bits per heavy atom. The van der Waals surface area contributed by atoms with Crippen LogP contribution < -0.4 is 5.32 Å². The third-order valence-electron chi connectivity index (χ3n) is 3.67. The Kier molecular flexibility index (Phi) is 4.08. The average molecular weight is 444 g/mol. The van der Waals surface area contributed by atoms with Crippen molar-refractivity contribution >= 4 is 54.4 Å². The Labute approximate surface area is 155 Å². The van der Waals surface area contributed by atoms with Crippen LogP contribution in [0.1, 0.15) is 0 Å². The molecule has 0 saturated carbocycles. The molecule has 0 radical (unpaired) electrons. The van der Waals surface area contributed by atoms with Crippen LogP contribution in [0.5, 0.6) is 0 Å². The molecule has 0 atom stereocenters. The number of fused-ring (bicyclic) bond motifs is 1. The smallest absolute Gasteiger partial charge is 0.143 e. The zero-order valence-corrected chi connectivity index (χ0v) is 15.6. The van der Waals surface area contributed by atoms with E-state index in [-0.39, 0.29) is 0 Å². The minimum absolute atomic E-state index is 0.776. The monoisotopic (exact) mass is 442 g/mol. The third-order valence-corrected chi connectivity index (χ3v) is 4.69. The Bertz CT molecular complexity index is 1010. The molecule has 2 heterocycles. The van der Waals surface area contributed by atoms with Crippen LogP contribution in [-0.2, 0) is 0 Å². The maximum Gasteiger partial charge on any atom is 0.143 e. The summed E-state index contributed by atoms with van der Waals surface area (Å²) in [7, 11) is 0. The van der Waals surface area contributed by atoms with Crippen LogP contribution in [0.4, 0.5) is 11.5 Å². The quantitative estimate of drug-likeness (QED) is 0.414. The molecule has 0 aliphatic heterocycles. The first-order valence-electron chi connectivity index (χ1n) is 7.31. The predicted octanol–water partition coefficient (Wildman–Crippen LogP) is 5.89. The van der Waals surface area contributed by atoms with Gasteiger partial charge in [-0.1, -0.05) is 50.1 Å². The topological polar surface area (TPSA) is 53.6 Å². The van der Waals surface area contributed by atoms with E-state index in [0.29, 0.717) is 0 Å². The molecule has 0 amide bonds. The number of nitrogens with one attached hydrogen (secondary N) is 2. The summed E-state index contributed by atoms with van der Waals surface area (Å²) in [6, 6.07) is 18.2. The molecule has 0 aliphatic rings. The van der Waals surface area contributed by atoms with Gasteiger partial charge >= 0.3 is 0 Å². The fourth-order valence-electron chi connectivity index (χ4n) is 2.53. The lowest BCUT2D eigenvalue weighted by Gasteiger charge is -2.06. The van der Waals surface area contributed by atoms with Gasteiger partial charge in [-0.05, 0) is 42.0 Å². The van der Waals surface area contributed by atoms with Crippen molar-refractivity contribution in [2.45, 2.75) is 0 Å². The molecule has 2 aromatic heterocycles. The molecule has 4 rings (SSSR count). The molecule has 0 spiro atoms. The standard InChI is InChI=1S/C18H12Br2N4/c19-12-6-4-11(5-7-12)16-9-15-17(21-10-22-18(15)24-16)23-14-3-1-2-13(20)8-14/h1-10H,(H2,21,22,23,24). The largest absolute Gasteiger partial charge is 0.340 e. The molecule has 0 unspecified atom stereocenters. The first-order chi connectivity index (χ1) is 11.7. The molecule has 118 valence electrons. The number of hydrogen-bond acceptors (Lipinski definition) is 3. The second-order valence-corrected chi connectivity index (χ2v) is 7.14. The van der Waals surface area contributed by atoms with Crippen LogP contribution in [0.2, 0.25) is 0 Å². The number of rotatable bonds is 3. The number of halogens is 2. The number of H-pyrrole nitrogens is 1. The van der Waals surface area contributed by atoms with Crippen molar-refractivity contribution in [3.05, 3.63) is 69.9 Å². The SMILES string of the molecule is Brc1ccc(-c2cc3c(Nc4cccc(Br)c4)ncnc3[nH]2)cc1. The molecule has 0 fully saturated rings. The lowest BCUT2D eigenvalue weighted by atomic mass is 10.1. The van der Waals surface area contributed by atoms with Gasteiger partial charge in [0.2, 0.25) is 0 Å². The number of aromatic amines is 1. The fourth-order valence-corrected chi connectivity index (χ4v) is 3.19. The molecular weight excluding hydrogens is 432 g/mol. The highest BCUT2D eigenvalue weighted by molar-refractivity contribution is 9.10. The number of benzene rings is 2. The summed E-state index contributed by atoms with van der Waals surface area (Å²) in [6.07, 6.45) is 1.56. The Morgan fingerprint density at radius 3 is 2.50 bits per heavy atom. The van der Waals surface area contributed by atoms with E-state index in [2.05, 4.69) is 70.3 Å². The second-order valence-electron chi connectivity index (χ2n) is 5.31. The van der Waals surface area contributed by atoms with Crippen molar-refractivity contribution in [2.75, 3.05) is 5.32 Å². The van der Waals surface area contributed by atoms with Crippen LogP contribution in [0.25, 0.3) is 22.3 Å². The molecule has 6 heteroatoms. The normalized spacial score (nSPS) is 10.9. The fraction of sp³-hybridized carbons (Fsp3) is 0. The summed E-state index contributed by atoms with van der Waals surface area (Å²) in [6.45, 7) is 0. The van der Waals surface area contributed by atoms with E-state index in [0.717, 1.165) is 42.7 Å². The van der Waals surface area contributed by atoms with Crippen molar-refractivity contribution in [1.82, 2.24) is 15.0 Å². The molecule has 0 aliphatic carbocycles. The van der Waals surface area contributed by atoms with Crippen molar-refractivity contribution in [3.63, 3.8) is 0 Å². The summed E-state index contributed by atoms with van der Waals surface area (Å²) in [4.78, 5) is 12.1. The van der Waals surface area contributed by atoms with Crippen LogP contribution in [-0.4, -0.2) is 15.0 Å². The summed E-state index contributed by atoms with van der Waals surface area (Å²) < 4.78 is 2.07. The molecule has 4 nitrogen and oxygen atoms in total. The zero-order valence-electron chi connectivity index (χ0n) is 12.4. The van der Waals surface area contributed by atoms with Gasteiger partial charge < -0.3 is 10.3 Å². The number of anilines is 2. The molecule has 0 saturated heterocycles. The van der Waals surface area contributed by atoms with Gasteiger partial charge in [-0.3, -0.25) is 0 Å². The number of nitrogens with zero attached hydrogens (tertiary/aromatic N) is 2. The van der Waals surface area contributed by atoms with Crippen molar-refractivity contribution in [1.29, 1.82) is 0 Å². The summed E-state index contributed by atoms with van der Waals surface area (Å²) in [5.74, 6) is 0.776. The van der Waals surface area contributed by atoms with Gasteiger partial charge in [0.25, 0.3) is 0 Å². The molecule has 2 aromatic carbocycles. The maximum absolute atomic E-state index is 4.39. The third kappa shape index (κ3) is 3.07. The molecule has 0 bridgehead atoms. The molecule has 4 aromatic rings.